The zero-order chi connectivity index (χ0) is 23.6. The van der Waals surface area contributed by atoms with Gasteiger partial charge in [0.25, 0.3) is 0 Å². The Labute approximate surface area is 198 Å². The zero-order valence-corrected chi connectivity index (χ0v) is 20.1. The first-order chi connectivity index (χ1) is 16.0. The molecule has 3 rings (SSSR count). The minimum absolute atomic E-state index is 0.225. The molecule has 0 spiro atoms. The van der Waals surface area contributed by atoms with E-state index in [4.69, 9.17) is 14.2 Å². The number of thiophene rings is 1. The maximum atomic E-state index is 14.4. The number of cyclic esters (lactones) is 1. The summed E-state index contributed by atoms with van der Waals surface area (Å²) in [7, 11) is 0. The van der Waals surface area contributed by atoms with Crippen LogP contribution in [0.3, 0.4) is 0 Å². The van der Waals surface area contributed by atoms with Gasteiger partial charge in [0.05, 0.1) is 25.9 Å². The summed E-state index contributed by atoms with van der Waals surface area (Å²) in [6, 6.07) is 10.3. The van der Waals surface area contributed by atoms with Gasteiger partial charge >= 0.3 is 12.1 Å². The highest BCUT2D eigenvalue weighted by molar-refractivity contribution is 7.13. The molecule has 180 valence electrons. The molecule has 1 saturated heterocycles. The number of alkyl halides is 1. The highest BCUT2D eigenvalue weighted by Gasteiger charge is 2.34. The summed E-state index contributed by atoms with van der Waals surface area (Å²) in [6.45, 7) is 5.28. The van der Waals surface area contributed by atoms with Gasteiger partial charge in [-0.2, -0.15) is 0 Å². The molecule has 0 N–H and O–H groups in total. The first-order valence-corrected chi connectivity index (χ1v) is 12.4. The van der Waals surface area contributed by atoms with Crippen LogP contribution in [0.15, 0.2) is 36.4 Å². The van der Waals surface area contributed by atoms with Crippen molar-refractivity contribution in [3.8, 4) is 0 Å². The van der Waals surface area contributed by atoms with Crippen LogP contribution in [-0.4, -0.2) is 37.9 Å². The number of esters is 1. The van der Waals surface area contributed by atoms with Crippen LogP contribution in [0.5, 0.6) is 0 Å². The van der Waals surface area contributed by atoms with Gasteiger partial charge < -0.3 is 14.2 Å². The number of carbonyl (C=O) groups excluding carboxylic acids is 2. The normalized spacial score (nSPS) is 16.6. The van der Waals surface area contributed by atoms with Crippen molar-refractivity contribution in [3.05, 3.63) is 51.7 Å². The maximum Gasteiger partial charge on any atom is 0.414 e. The molecule has 1 aliphatic rings. The van der Waals surface area contributed by atoms with E-state index in [1.165, 1.54) is 11.3 Å². The number of halogens is 1. The van der Waals surface area contributed by atoms with E-state index >= 15 is 0 Å². The SMILES string of the molecule is CCCCCC(F)c1ccc(N2C(=O)OC[C@@H]2COCc2ccc(C(=O)OCCC)s2)cc1. The number of unbranched alkanes of at least 4 members (excludes halogenated alkanes) is 2. The van der Waals surface area contributed by atoms with Crippen molar-refractivity contribution in [1.82, 2.24) is 0 Å². The lowest BCUT2D eigenvalue weighted by molar-refractivity contribution is 0.0511. The third-order valence-electron chi connectivity index (χ3n) is 5.41. The minimum atomic E-state index is -0.995. The molecular formula is C25H32FNO5S. The van der Waals surface area contributed by atoms with Gasteiger partial charge in [-0.3, -0.25) is 4.90 Å². The van der Waals surface area contributed by atoms with E-state index < -0.39 is 12.3 Å². The average Bonchev–Trinajstić information content (AvgIpc) is 3.44. The number of hydrogen-bond acceptors (Lipinski definition) is 6. The number of rotatable bonds is 13. The molecular weight excluding hydrogens is 445 g/mol. The molecule has 1 aliphatic heterocycles. The molecule has 0 aliphatic carbocycles. The molecule has 33 heavy (non-hydrogen) atoms. The molecule has 2 atom stereocenters. The second-order valence-electron chi connectivity index (χ2n) is 8.07. The fraction of sp³-hybridized carbons (Fsp3) is 0.520. The highest BCUT2D eigenvalue weighted by Crippen LogP contribution is 2.29. The quantitative estimate of drug-likeness (QED) is 0.245. The lowest BCUT2D eigenvalue weighted by atomic mass is 10.0. The Hall–Kier alpha value is -2.45. The van der Waals surface area contributed by atoms with Gasteiger partial charge in [-0.05, 0) is 42.7 Å². The van der Waals surface area contributed by atoms with E-state index in [1.54, 1.807) is 35.2 Å². The topological polar surface area (TPSA) is 65.1 Å². The first kappa shape index (κ1) is 25.2. The molecule has 1 amide bonds. The summed E-state index contributed by atoms with van der Waals surface area (Å²) < 4.78 is 30.6. The lowest BCUT2D eigenvalue weighted by Gasteiger charge is -2.22. The van der Waals surface area contributed by atoms with Gasteiger partial charge in [-0.1, -0.05) is 45.2 Å². The summed E-state index contributed by atoms with van der Waals surface area (Å²) in [5.41, 5.74) is 1.29. The standard InChI is InChI=1S/C25H32FNO5S/c1-3-5-6-7-22(26)18-8-10-19(11-9-18)27-20(16-32-25(27)29)15-30-17-21-12-13-23(33-21)24(28)31-14-4-2/h8-13,20,22H,3-7,14-17H2,1-2H3/t20-,22?/m0/s1. The van der Waals surface area contributed by atoms with Crippen molar-refractivity contribution in [2.75, 3.05) is 24.7 Å². The van der Waals surface area contributed by atoms with Crippen molar-refractivity contribution in [1.29, 1.82) is 0 Å². The van der Waals surface area contributed by atoms with Crippen molar-refractivity contribution in [2.24, 2.45) is 0 Å². The number of hydrogen-bond donors (Lipinski definition) is 0. The predicted octanol–water partition coefficient (Wildman–Crippen LogP) is 6.45. The van der Waals surface area contributed by atoms with E-state index in [1.807, 2.05) is 13.0 Å². The van der Waals surface area contributed by atoms with Gasteiger partial charge in [0.1, 0.15) is 17.7 Å². The van der Waals surface area contributed by atoms with Gasteiger partial charge in [0, 0.05) is 10.6 Å². The van der Waals surface area contributed by atoms with Crippen LogP contribution in [0.1, 0.15) is 72.2 Å². The fourth-order valence-corrected chi connectivity index (χ4v) is 4.45. The monoisotopic (exact) mass is 477 g/mol. The Morgan fingerprint density at radius 3 is 2.70 bits per heavy atom. The minimum Gasteiger partial charge on any atom is -0.462 e. The molecule has 2 heterocycles. The number of anilines is 1. The lowest BCUT2D eigenvalue weighted by Crippen LogP contribution is -2.36. The van der Waals surface area contributed by atoms with Crippen LogP contribution < -0.4 is 4.90 Å². The number of amides is 1. The van der Waals surface area contributed by atoms with E-state index in [9.17, 15) is 14.0 Å². The Kier molecular flexibility index (Phi) is 9.69. The summed E-state index contributed by atoms with van der Waals surface area (Å²) in [6.07, 6.45) is 2.81. The van der Waals surface area contributed by atoms with Gasteiger partial charge in [0.2, 0.25) is 0 Å². The summed E-state index contributed by atoms with van der Waals surface area (Å²) in [5, 5.41) is 0. The third kappa shape index (κ3) is 7.01. The summed E-state index contributed by atoms with van der Waals surface area (Å²) >= 11 is 1.34. The van der Waals surface area contributed by atoms with E-state index in [0.717, 1.165) is 30.6 Å². The Morgan fingerprint density at radius 2 is 1.97 bits per heavy atom. The first-order valence-electron chi connectivity index (χ1n) is 11.6. The second-order valence-corrected chi connectivity index (χ2v) is 9.24. The predicted molar refractivity (Wildman–Crippen MR) is 127 cm³/mol. The van der Waals surface area contributed by atoms with E-state index in [0.29, 0.717) is 35.8 Å². The van der Waals surface area contributed by atoms with E-state index in [-0.39, 0.29) is 25.2 Å². The van der Waals surface area contributed by atoms with Crippen LogP contribution in [-0.2, 0) is 20.8 Å². The Bertz CT molecular complexity index is 900. The molecule has 0 bridgehead atoms. The van der Waals surface area contributed by atoms with Crippen LogP contribution in [0.4, 0.5) is 14.9 Å². The molecule has 2 aromatic rings. The Balaban J connectivity index is 1.53. The molecule has 6 nitrogen and oxygen atoms in total. The number of carbonyl (C=O) groups is 2. The number of nitrogens with zero attached hydrogens (tertiary/aromatic N) is 1. The smallest absolute Gasteiger partial charge is 0.414 e. The summed E-state index contributed by atoms with van der Waals surface area (Å²) in [5.74, 6) is -0.321. The summed E-state index contributed by atoms with van der Waals surface area (Å²) in [4.78, 5) is 27.2. The number of benzene rings is 1. The van der Waals surface area contributed by atoms with Crippen LogP contribution in [0, 0.1) is 0 Å². The average molecular weight is 478 g/mol. The molecule has 8 heteroatoms. The van der Waals surface area contributed by atoms with Crippen LogP contribution >= 0.6 is 11.3 Å². The molecule has 1 unspecified atom stereocenters. The molecule has 1 aromatic heterocycles. The van der Waals surface area contributed by atoms with Crippen molar-refractivity contribution in [2.45, 2.75) is 64.8 Å². The van der Waals surface area contributed by atoms with Crippen molar-refractivity contribution in [3.63, 3.8) is 0 Å². The largest absolute Gasteiger partial charge is 0.462 e. The highest BCUT2D eigenvalue weighted by atomic mass is 32.1. The van der Waals surface area contributed by atoms with E-state index in [2.05, 4.69) is 6.92 Å². The maximum absolute atomic E-state index is 14.4. The fourth-order valence-electron chi connectivity index (χ4n) is 3.61. The zero-order valence-electron chi connectivity index (χ0n) is 19.3. The molecule has 1 aromatic carbocycles. The van der Waals surface area contributed by atoms with Gasteiger partial charge in [-0.15, -0.1) is 11.3 Å². The molecule has 0 saturated carbocycles. The van der Waals surface area contributed by atoms with Gasteiger partial charge in [0.15, 0.2) is 0 Å². The van der Waals surface area contributed by atoms with Crippen molar-refractivity contribution < 1.29 is 28.2 Å². The van der Waals surface area contributed by atoms with Crippen LogP contribution in [0.25, 0.3) is 0 Å². The third-order valence-corrected chi connectivity index (χ3v) is 6.45. The Morgan fingerprint density at radius 1 is 1.18 bits per heavy atom. The molecule has 1 fully saturated rings. The molecule has 0 radical (unpaired) electrons. The van der Waals surface area contributed by atoms with Crippen LogP contribution in [0.2, 0.25) is 0 Å². The van der Waals surface area contributed by atoms with Gasteiger partial charge in [-0.25, -0.2) is 14.0 Å². The second kappa shape index (κ2) is 12.7. The number of ether oxygens (including phenoxy) is 3. The van der Waals surface area contributed by atoms with Crippen molar-refractivity contribution >= 4 is 29.1 Å².